The summed E-state index contributed by atoms with van der Waals surface area (Å²) in [6.45, 7) is 2.26. The van der Waals surface area contributed by atoms with Gasteiger partial charge in [0.05, 0.1) is 5.92 Å². The topological polar surface area (TPSA) is 95.5 Å². The van der Waals surface area contributed by atoms with Crippen LogP contribution >= 0.6 is 0 Å². The Hall–Kier alpha value is -1.59. The Balaban J connectivity index is 2.46. The quantitative estimate of drug-likeness (QED) is 0.605. The van der Waals surface area contributed by atoms with Crippen LogP contribution in [0.3, 0.4) is 0 Å². The van der Waals surface area contributed by atoms with Gasteiger partial charge in [-0.15, -0.1) is 0 Å². The number of carboxylic acid groups (broad SMARTS) is 1. The standard InChI is InChI=1S/C11H18N2O4/c1-2-3-4-8(11(16)17)13-10(15)7-5-9(14)12-6-7/h7-8H,2-6H2,1H3,(H,12,14)(H,13,15)(H,16,17)/t7?,8-/m0/s1. The number of carboxylic acids is 1. The minimum absolute atomic E-state index is 0.145. The van der Waals surface area contributed by atoms with Crippen LogP contribution in [0.15, 0.2) is 0 Å². The second kappa shape index (κ2) is 6.22. The molecule has 1 saturated heterocycles. The summed E-state index contributed by atoms with van der Waals surface area (Å²) in [5, 5.41) is 14.0. The Bertz CT molecular complexity index is 317. The van der Waals surface area contributed by atoms with Crippen LogP contribution in [0.4, 0.5) is 0 Å². The zero-order valence-electron chi connectivity index (χ0n) is 9.86. The van der Waals surface area contributed by atoms with Gasteiger partial charge < -0.3 is 15.7 Å². The van der Waals surface area contributed by atoms with Crippen molar-refractivity contribution in [2.75, 3.05) is 6.54 Å². The van der Waals surface area contributed by atoms with Gasteiger partial charge in [0, 0.05) is 13.0 Å². The Morgan fingerprint density at radius 2 is 2.29 bits per heavy atom. The molecule has 17 heavy (non-hydrogen) atoms. The molecular weight excluding hydrogens is 224 g/mol. The second-order valence-electron chi connectivity index (χ2n) is 4.25. The van der Waals surface area contributed by atoms with Gasteiger partial charge in [0.1, 0.15) is 6.04 Å². The molecule has 3 N–H and O–H groups in total. The summed E-state index contributed by atoms with van der Waals surface area (Å²) in [6.07, 6.45) is 2.19. The lowest BCUT2D eigenvalue weighted by Gasteiger charge is -2.16. The van der Waals surface area contributed by atoms with E-state index in [0.29, 0.717) is 13.0 Å². The number of unbranched alkanes of at least 4 members (excludes halogenated alkanes) is 1. The molecule has 1 fully saturated rings. The molecular formula is C11H18N2O4. The summed E-state index contributed by atoms with van der Waals surface area (Å²) in [5.41, 5.74) is 0. The highest BCUT2D eigenvalue weighted by Crippen LogP contribution is 2.10. The molecule has 6 heteroatoms. The molecule has 0 aliphatic carbocycles. The highest BCUT2D eigenvalue weighted by Gasteiger charge is 2.30. The number of carbonyl (C=O) groups is 3. The van der Waals surface area contributed by atoms with Gasteiger partial charge in [0.25, 0.3) is 0 Å². The van der Waals surface area contributed by atoms with Crippen molar-refractivity contribution in [2.24, 2.45) is 5.92 Å². The van der Waals surface area contributed by atoms with Gasteiger partial charge in [-0.1, -0.05) is 19.8 Å². The minimum Gasteiger partial charge on any atom is -0.480 e. The number of hydrogen-bond donors (Lipinski definition) is 3. The first kappa shape index (κ1) is 13.5. The smallest absolute Gasteiger partial charge is 0.326 e. The Labute approximate surface area is 99.8 Å². The van der Waals surface area contributed by atoms with Crippen molar-refractivity contribution in [2.45, 2.75) is 38.6 Å². The fourth-order valence-electron chi connectivity index (χ4n) is 1.75. The Kier molecular flexibility index (Phi) is 4.93. The number of hydrogen-bond acceptors (Lipinski definition) is 3. The normalized spacial score (nSPS) is 20.8. The minimum atomic E-state index is -1.02. The molecule has 1 rings (SSSR count). The van der Waals surface area contributed by atoms with Crippen molar-refractivity contribution in [1.82, 2.24) is 10.6 Å². The lowest BCUT2D eigenvalue weighted by atomic mass is 10.1. The van der Waals surface area contributed by atoms with Gasteiger partial charge >= 0.3 is 5.97 Å². The molecule has 0 aromatic rings. The van der Waals surface area contributed by atoms with Gasteiger partial charge in [-0.05, 0) is 6.42 Å². The molecule has 1 aliphatic rings. The van der Waals surface area contributed by atoms with Gasteiger partial charge in [0.2, 0.25) is 11.8 Å². The molecule has 6 nitrogen and oxygen atoms in total. The van der Waals surface area contributed by atoms with Crippen LogP contribution in [-0.4, -0.2) is 35.5 Å². The van der Waals surface area contributed by atoms with Crippen molar-refractivity contribution < 1.29 is 19.5 Å². The summed E-state index contributed by atoms with van der Waals surface area (Å²) >= 11 is 0. The number of nitrogens with one attached hydrogen (secondary N) is 2. The van der Waals surface area contributed by atoms with Gasteiger partial charge in [-0.3, -0.25) is 9.59 Å². The molecule has 96 valence electrons. The highest BCUT2D eigenvalue weighted by atomic mass is 16.4. The van der Waals surface area contributed by atoms with Crippen LogP contribution in [0.1, 0.15) is 32.6 Å². The van der Waals surface area contributed by atoms with E-state index in [2.05, 4.69) is 10.6 Å². The van der Waals surface area contributed by atoms with Crippen molar-refractivity contribution in [3.63, 3.8) is 0 Å². The maximum Gasteiger partial charge on any atom is 0.326 e. The van der Waals surface area contributed by atoms with E-state index in [-0.39, 0.29) is 18.2 Å². The summed E-state index contributed by atoms with van der Waals surface area (Å²) in [5.74, 6) is -1.98. The average molecular weight is 242 g/mol. The average Bonchev–Trinajstić information content (AvgIpc) is 2.70. The molecule has 1 unspecified atom stereocenters. The van der Waals surface area contributed by atoms with E-state index in [1.165, 1.54) is 0 Å². The third kappa shape index (κ3) is 4.05. The molecule has 0 aromatic heterocycles. The first-order valence-corrected chi connectivity index (χ1v) is 5.84. The highest BCUT2D eigenvalue weighted by molar-refractivity contribution is 5.91. The molecule has 0 aromatic carbocycles. The van der Waals surface area contributed by atoms with E-state index in [9.17, 15) is 14.4 Å². The summed E-state index contributed by atoms with van der Waals surface area (Å²) in [6, 6.07) is -0.849. The maximum absolute atomic E-state index is 11.7. The largest absolute Gasteiger partial charge is 0.480 e. The predicted octanol–water partition coefficient (Wildman–Crippen LogP) is -0.118. The summed E-state index contributed by atoms with van der Waals surface area (Å²) < 4.78 is 0. The van der Waals surface area contributed by atoms with Crippen molar-refractivity contribution in [3.05, 3.63) is 0 Å². The molecule has 2 amide bonds. The van der Waals surface area contributed by atoms with Gasteiger partial charge in [0.15, 0.2) is 0 Å². The van der Waals surface area contributed by atoms with Crippen LogP contribution < -0.4 is 10.6 Å². The van der Waals surface area contributed by atoms with E-state index in [1.807, 2.05) is 6.92 Å². The van der Waals surface area contributed by atoms with Gasteiger partial charge in [-0.25, -0.2) is 4.79 Å². The second-order valence-corrected chi connectivity index (χ2v) is 4.25. The van der Waals surface area contributed by atoms with Crippen LogP contribution in [0.5, 0.6) is 0 Å². The monoisotopic (exact) mass is 242 g/mol. The number of amides is 2. The van der Waals surface area contributed by atoms with Crippen molar-refractivity contribution in [3.8, 4) is 0 Å². The molecule has 0 bridgehead atoms. The van der Waals surface area contributed by atoms with Crippen molar-refractivity contribution in [1.29, 1.82) is 0 Å². The Morgan fingerprint density at radius 1 is 1.59 bits per heavy atom. The van der Waals surface area contributed by atoms with E-state index < -0.39 is 17.9 Å². The predicted molar refractivity (Wildman–Crippen MR) is 60.2 cm³/mol. The summed E-state index contributed by atoms with van der Waals surface area (Å²) in [4.78, 5) is 33.6. The zero-order chi connectivity index (χ0) is 12.8. The van der Waals surface area contributed by atoms with E-state index in [1.54, 1.807) is 0 Å². The fraction of sp³-hybridized carbons (Fsp3) is 0.727. The molecule has 1 heterocycles. The SMILES string of the molecule is CCCC[C@H](NC(=O)C1CNC(=O)C1)C(=O)O. The van der Waals surface area contributed by atoms with Crippen LogP contribution in [-0.2, 0) is 14.4 Å². The van der Waals surface area contributed by atoms with Gasteiger partial charge in [-0.2, -0.15) is 0 Å². The third-order valence-electron chi connectivity index (χ3n) is 2.81. The molecule has 0 saturated carbocycles. The fourth-order valence-corrected chi connectivity index (χ4v) is 1.75. The molecule has 2 atom stereocenters. The first-order valence-electron chi connectivity index (χ1n) is 5.84. The van der Waals surface area contributed by atoms with E-state index >= 15 is 0 Å². The lowest BCUT2D eigenvalue weighted by molar-refractivity contribution is -0.142. The lowest BCUT2D eigenvalue weighted by Crippen LogP contribution is -2.44. The molecule has 0 spiro atoms. The molecule has 0 radical (unpaired) electrons. The first-order chi connectivity index (χ1) is 8.04. The number of carbonyl (C=O) groups excluding carboxylic acids is 2. The van der Waals surface area contributed by atoms with E-state index in [0.717, 1.165) is 12.8 Å². The van der Waals surface area contributed by atoms with Crippen LogP contribution in [0.2, 0.25) is 0 Å². The van der Waals surface area contributed by atoms with Crippen LogP contribution in [0, 0.1) is 5.92 Å². The zero-order valence-corrected chi connectivity index (χ0v) is 9.86. The number of aliphatic carboxylic acids is 1. The molecule has 1 aliphatic heterocycles. The maximum atomic E-state index is 11.7. The van der Waals surface area contributed by atoms with Crippen molar-refractivity contribution >= 4 is 17.8 Å². The third-order valence-corrected chi connectivity index (χ3v) is 2.81. The Morgan fingerprint density at radius 3 is 2.76 bits per heavy atom. The van der Waals surface area contributed by atoms with E-state index in [4.69, 9.17) is 5.11 Å². The number of rotatable bonds is 6. The summed E-state index contributed by atoms with van der Waals surface area (Å²) in [7, 11) is 0. The van der Waals surface area contributed by atoms with Crippen LogP contribution in [0.25, 0.3) is 0 Å².